The van der Waals surface area contributed by atoms with Crippen molar-refractivity contribution in [1.29, 1.82) is 0 Å². The van der Waals surface area contributed by atoms with E-state index in [-0.39, 0.29) is 0 Å². The van der Waals surface area contributed by atoms with Crippen LogP contribution < -0.4 is 4.90 Å². The Bertz CT molecular complexity index is 875. The Balaban J connectivity index is 1.43. The molecule has 2 fully saturated rings. The topological polar surface area (TPSA) is 34.0 Å². The third-order valence-corrected chi connectivity index (χ3v) is 5.64. The van der Waals surface area contributed by atoms with Crippen LogP contribution in [0.5, 0.6) is 0 Å². The van der Waals surface area contributed by atoms with Crippen molar-refractivity contribution in [3.8, 4) is 0 Å². The average Bonchev–Trinajstić information content (AvgIpc) is 3.36. The van der Waals surface area contributed by atoms with Crippen molar-refractivity contribution in [2.45, 2.75) is 38.1 Å². The van der Waals surface area contributed by atoms with Gasteiger partial charge in [-0.05, 0) is 43.1 Å². The van der Waals surface area contributed by atoms with Gasteiger partial charge >= 0.3 is 0 Å². The lowest BCUT2D eigenvalue weighted by molar-refractivity contribution is 0.462. The third kappa shape index (κ3) is 2.90. The van der Waals surface area contributed by atoms with Gasteiger partial charge in [-0.2, -0.15) is 0 Å². The molecule has 1 aliphatic heterocycles. The lowest BCUT2D eigenvalue weighted by Gasteiger charge is -2.34. The van der Waals surface area contributed by atoms with Crippen LogP contribution in [-0.4, -0.2) is 27.6 Å². The minimum Gasteiger partial charge on any atom is -0.355 e. The second kappa shape index (κ2) is 6.17. The summed E-state index contributed by atoms with van der Waals surface area (Å²) in [6, 6.07) is 10.7. The number of aromatic nitrogens is 3. The molecule has 3 heterocycles. The van der Waals surface area contributed by atoms with Gasteiger partial charge in [-0.15, -0.1) is 0 Å². The number of benzene rings is 1. The fraction of sp³-hybridized carbons (Fsp3) is 0.429. The summed E-state index contributed by atoms with van der Waals surface area (Å²) < 4.78 is 2.41. The van der Waals surface area contributed by atoms with Crippen LogP contribution in [0.2, 0.25) is 0 Å². The maximum absolute atomic E-state index is 4.73. The molecule has 3 aromatic rings. The van der Waals surface area contributed by atoms with E-state index in [0.29, 0.717) is 5.92 Å². The molecular weight excluding hydrogens is 308 g/mol. The minimum absolute atomic E-state index is 0.503. The number of hydrogen-bond acceptors (Lipinski definition) is 3. The number of anilines is 1. The van der Waals surface area contributed by atoms with Crippen LogP contribution in [0, 0.1) is 5.92 Å². The number of pyridine rings is 1. The summed E-state index contributed by atoms with van der Waals surface area (Å²) in [7, 11) is 0. The van der Waals surface area contributed by atoms with Gasteiger partial charge in [0.2, 0.25) is 0 Å². The van der Waals surface area contributed by atoms with E-state index in [1.165, 1.54) is 42.3 Å². The molecule has 128 valence electrons. The van der Waals surface area contributed by atoms with Gasteiger partial charge < -0.3 is 9.47 Å². The first-order valence-electron chi connectivity index (χ1n) is 9.48. The van der Waals surface area contributed by atoms with E-state index < -0.39 is 0 Å². The first-order valence-corrected chi connectivity index (χ1v) is 9.48. The van der Waals surface area contributed by atoms with Gasteiger partial charge in [0.1, 0.15) is 11.6 Å². The number of piperidine rings is 1. The Morgan fingerprint density at radius 1 is 1.00 bits per heavy atom. The molecule has 25 heavy (non-hydrogen) atoms. The summed E-state index contributed by atoms with van der Waals surface area (Å²) in [5.74, 6) is 3.79. The van der Waals surface area contributed by atoms with E-state index in [9.17, 15) is 0 Å². The first kappa shape index (κ1) is 14.9. The largest absolute Gasteiger partial charge is 0.355 e. The Labute approximate surface area is 148 Å². The Morgan fingerprint density at radius 3 is 2.84 bits per heavy atom. The van der Waals surface area contributed by atoms with Crippen molar-refractivity contribution < 1.29 is 0 Å². The molecule has 0 radical (unpaired) electrons. The summed E-state index contributed by atoms with van der Waals surface area (Å²) in [5, 5.41) is 2.52. The summed E-state index contributed by atoms with van der Waals surface area (Å²) in [5.41, 5.74) is 0. The molecule has 0 N–H and O–H groups in total. The number of rotatable bonds is 4. The van der Waals surface area contributed by atoms with Crippen LogP contribution in [0.4, 0.5) is 5.82 Å². The van der Waals surface area contributed by atoms with E-state index in [4.69, 9.17) is 9.97 Å². The first-order chi connectivity index (χ1) is 12.4. The highest BCUT2D eigenvalue weighted by Crippen LogP contribution is 2.34. The predicted molar refractivity (Wildman–Crippen MR) is 101 cm³/mol. The van der Waals surface area contributed by atoms with Crippen LogP contribution in [0.3, 0.4) is 0 Å². The maximum atomic E-state index is 4.73. The standard InChI is InChI=1S/C21H24N4/c1-2-6-19-17(4-1)9-10-22-21(19)24-12-3-5-18(15-24)20-23-11-13-25(20)14-16-7-8-16/h1-2,4,6,9-11,13,16,18H,3,5,7-8,12,14-15H2/t18-/m0/s1. The van der Waals surface area contributed by atoms with Crippen molar-refractivity contribution in [1.82, 2.24) is 14.5 Å². The fourth-order valence-corrected chi connectivity index (χ4v) is 4.15. The van der Waals surface area contributed by atoms with Gasteiger partial charge in [-0.1, -0.05) is 24.3 Å². The Morgan fingerprint density at radius 2 is 1.92 bits per heavy atom. The van der Waals surface area contributed by atoms with Crippen LogP contribution in [-0.2, 0) is 6.54 Å². The summed E-state index contributed by atoms with van der Waals surface area (Å²) >= 11 is 0. The zero-order valence-electron chi connectivity index (χ0n) is 14.5. The minimum atomic E-state index is 0.503. The van der Waals surface area contributed by atoms with Crippen molar-refractivity contribution in [2.24, 2.45) is 5.92 Å². The Kier molecular flexibility index (Phi) is 3.69. The second-order valence-corrected chi connectivity index (χ2v) is 7.52. The summed E-state index contributed by atoms with van der Waals surface area (Å²) in [6.45, 7) is 3.25. The average molecular weight is 332 g/mol. The lowest BCUT2D eigenvalue weighted by atomic mass is 9.96. The van der Waals surface area contributed by atoms with Gasteiger partial charge in [-0.3, -0.25) is 0 Å². The van der Waals surface area contributed by atoms with Crippen LogP contribution in [0.1, 0.15) is 37.4 Å². The third-order valence-electron chi connectivity index (χ3n) is 5.64. The van der Waals surface area contributed by atoms with E-state index in [1.807, 2.05) is 12.4 Å². The quantitative estimate of drug-likeness (QED) is 0.717. The van der Waals surface area contributed by atoms with Crippen LogP contribution >= 0.6 is 0 Å². The SMILES string of the molecule is c1ccc2c(N3CCC[C@H](c4nccn4CC4CC4)C3)nccc2c1. The molecule has 1 saturated heterocycles. The molecule has 0 amide bonds. The van der Waals surface area contributed by atoms with Crippen LogP contribution in [0.25, 0.3) is 10.8 Å². The molecule has 4 heteroatoms. The lowest BCUT2D eigenvalue weighted by Crippen LogP contribution is -2.36. The van der Waals surface area contributed by atoms with Gasteiger partial charge in [0, 0.05) is 49.5 Å². The molecule has 1 aliphatic carbocycles. The normalized spacial score (nSPS) is 21.0. The molecule has 0 unspecified atom stereocenters. The molecule has 4 nitrogen and oxygen atoms in total. The maximum Gasteiger partial charge on any atom is 0.136 e. The molecule has 0 spiro atoms. The summed E-state index contributed by atoms with van der Waals surface area (Å²) in [6.07, 6.45) is 11.3. The zero-order valence-corrected chi connectivity index (χ0v) is 14.5. The van der Waals surface area contributed by atoms with Gasteiger partial charge in [0.05, 0.1) is 0 Å². The van der Waals surface area contributed by atoms with Crippen molar-refractivity contribution in [3.63, 3.8) is 0 Å². The van der Waals surface area contributed by atoms with E-state index >= 15 is 0 Å². The highest BCUT2D eigenvalue weighted by Gasteiger charge is 2.28. The molecule has 1 aromatic carbocycles. The van der Waals surface area contributed by atoms with E-state index in [0.717, 1.165) is 31.4 Å². The van der Waals surface area contributed by atoms with E-state index in [2.05, 4.69) is 46.0 Å². The van der Waals surface area contributed by atoms with Gasteiger partial charge in [0.25, 0.3) is 0 Å². The zero-order chi connectivity index (χ0) is 16.6. The van der Waals surface area contributed by atoms with Crippen molar-refractivity contribution in [3.05, 3.63) is 54.7 Å². The molecule has 5 rings (SSSR count). The highest BCUT2D eigenvalue weighted by molar-refractivity contribution is 5.92. The van der Waals surface area contributed by atoms with Crippen molar-refractivity contribution in [2.75, 3.05) is 18.0 Å². The van der Waals surface area contributed by atoms with Gasteiger partial charge in [-0.25, -0.2) is 9.97 Å². The molecule has 1 atom stereocenters. The second-order valence-electron chi connectivity index (χ2n) is 7.52. The number of fused-ring (bicyclic) bond motifs is 1. The molecule has 2 aromatic heterocycles. The number of nitrogens with zero attached hydrogens (tertiary/aromatic N) is 4. The predicted octanol–water partition coefficient (Wildman–Crippen LogP) is 4.23. The Hall–Kier alpha value is -2.36. The molecule has 1 saturated carbocycles. The summed E-state index contributed by atoms with van der Waals surface area (Å²) in [4.78, 5) is 11.9. The molecular formula is C21H24N4. The van der Waals surface area contributed by atoms with Crippen LogP contribution in [0.15, 0.2) is 48.9 Å². The smallest absolute Gasteiger partial charge is 0.136 e. The number of hydrogen-bond donors (Lipinski definition) is 0. The highest BCUT2D eigenvalue weighted by atomic mass is 15.2. The monoisotopic (exact) mass is 332 g/mol. The molecule has 0 bridgehead atoms. The molecule has 2 aliphatic rings. The van der Waals surface area contributed by atoms with E-state index in [1.54, 1.807) is 0 Å². The van der Waals surface area contributed by atoms with Gasteiger partial charge in [0.15, 0.2) is 0 Å². The fourth-order valence-electron chi connectivity index (χ4n) is 4.15. The van der Waals surface area contributed by atoms with Crippen molar-refractivity contribution >= 4 is 16.6 Å². The number of imidazole rings is 1.